The Balaban J connectivity index is 0.00000320. The second-order valence-corrected chi connectivity index (χ2v) is 9.61. The Bertz CT molecular complexity index is 816. The van der Waals surface area contributed by atoms with Crippen molar-refractivity contribution in [1.82, 2.24) is 20.5 Å². The van der Waals surface area contributed by atoms with Crippen LogP contribution in [0.25, 0.3) is 0 Å². The molecule has 2 aromatic rings. The number of hydrogen-bond acceptors (Lipinski definition) is 5. The van der Waals surface area contributed by atoms with Gasteiger partial charge in [0.15, 0.2) is 5.96 Å². The predicted molar refractivity (Wildman–Crippen MR) is 141 cm³/mol. The highest BCUT2D eigenvalue weighted by Gasteiger charge is 2.20. The molecule has 5 nitrogen and oxygen atoms in total. The second-order valence-electron chi connectivity index (χ2n) is 7.70. The molecule has 2 N–H and O–H groups in total. The molecule has 30 heavy (non-hydrogen) atoms. The van der Waals surface area contributed by atoms with Crippen molar-refractivity contribution in [1.29, 1.82) is 0 Å². The quantitative estimate of drug-likeness (QED) is 0.224. The number of thioether (sulfide) groups is 1. The minimum absolute atomic E-state index is 0. The minimum Gasteiger partial charge on any atom is -0.356 e. The molecule has 0 spiro atoms. The van der Waals surface area contributed by atoms with Crippen LogP contribution in [0.2, 0.25) is 0 Å². The van der Waals surface area contributed by atoms with Crippen LogP contribution in [0.1, 0.15) is 34.7 Å². The monoisotopic (exact) mass is 559 g/mol. The van der Waals surface area contributed by atoms with Gasteiger partial charge in [-0.05, 0) is 69.1 Å². The summed E-state index contributed by atoms with van der Waals surface area (Å²) in [6, 6.07) is 6.63. The molecular formula is C22H34IN5S2. The van der Waals surface area contributed by atoms with Crippen molar-refractivity contribution < 1.29 is 0 Å². The fourth-order valence-electron chi connectivity index (χ4n) is 3.70. The number of aromatic nitrogens is 1. The summed E-state index contributed by atoms with van der Waals surface area (Å²) in [5.41, 5.74) is 3.84. The van der Waals surface area contributed by atoms with Crippen LogP contribution in [0.3, 0.4) is 0 Å². The number of piperidine rings is 1. The molecular weight excluding hydrogens is 525 g/mol. The molecule has 0 bridgehead atoms. The molecule has 1 saturated heterocycles. The number of halogens is 1. The number of likely N-dealkylation sites (tertiary alicyclic amines) is 1. The van der Waals surface area contributed by atoms with Crippen LogP contribution in [0.15, 0.2) is 33.5 Å². The molecule has 1 aliphatic rings. The van der Waals surface area contributed by atoms with Crippen LogP contribution >= 0.6 is 47.1 Å². The van der Waals surface area contributed by atoms with Gasteiger partial charge in [-0.15, -0.1) is 47.1 Å². The molecule has 0 radical (unpaired) electrons. The number of aliphatic imine (C=N–C) groups is 1. The average Bonchev–Trinajstić information content (AvgIpc) is 3.14. The standard InChI is InChI=1S/C22H33N5S2.HI/c1-16-5-6-19(21(11-16)28-4)13-25-22(23-3)24-12-18-7-9-27(10-8-18)14-20-15-29-17(2)26-20;/h5-6,11,15,18H,7-10,12-14H2,1-4H3,(H2,23,24,25);1H. The number of benzene rings is 1. The molecule has 0 saturated carbocycles. The van der Waals surface area contributed by atoms with E-state index in [2.05, 4.69) is 69.2 Å². The van der Waals surface area contributed by atoms with Crippen molar-refractivity contribution in [3.05, 3.63) is 45.4 Å². The van der Waals surface area contributed by atoms with Gasteiger partial charge in [0.25, 0.3) is 0 Å². The van der Waals surface area contributed by atoms with E-state index in [1.165, 1.54) is 34.6 Å². The van der Waals surface area contributed by atoms with Crippen LogP contribution in [0, 0.1) is 19.8 Å². The molecule has 0 aliphatic carbocycles. The molecule has 1 aromatic carbocycles. The van der Waals surface area contributed by atoms with Crippen molar-refractivity contribution in [3.63, 3.8) is 0 Å². The van der Waals surface area contributed by atoms with Crippen molar-refractivity contribution >= 4 is 53.0 Å². The van der Waals surface area contributed by atoms with Gasteiger partial charge in [0.1, 0.15) is 0 Å². The summed E-state index contributed by atoms with van der Waals surface area (Å²) in [7, 11) is 1.85. The fraction of sp³-hybridized carbons (Fsp3) is 0.545. The van der Waals surface area contributed by atoms with Crippen molar-refractivity contribution in [2.75, 3.05) is 32.9 Å². The lowest BCUT2D eigenvalue weighted by Crippen LogP contribution is -2.42. The van der Waals surface area contributed by atoms with Gasteiger partial charge >= 0.3 is 0 Å². The van der Waals surface area contributed by atoms with Crippen molar-refractivity contribution in [2.24, 2.45) is 10.9 Å². The van der Waals surface area contributed by atoms with Crippen molar-refractivity contribution in [3.8, 4) is 0 Å². The Morgan fingerprint density at radius 2 is 2.03 bits per heavy atom. The fourth-order valence-corrected chi connectivity index (χ4v) is 5.01. The number of thiazole rings is 1. The summed E-state index contributed by atoms with van der Waals surface area (Å²) in [5.74, 6) is 1.58. The molecule has 0 atom stereocenters. The first kappa shape index (κ1) is 25.4. The maximum atomic E-state index is 4.60. The summed E-state index contributed by atoms with van der Waals surface area (Å²) in [4.78, 5) is 12.9. The predicted octanol–water partition coefficient (Wildman–Crippen LogP) is 4.68. The zero-order valence-electron chi connectivity index (χ0n) is 18.4. The van der Waals surface area contributed by atoms with Gasteiger partial charge in [0, 0.05) is 37.0 Å². The molecule has 1 fully saturated rings. The second kappa shape index (κ2) is 12.9. The third-order valence-corrected chi connectivity index (χ3v) is 7.07. The Morgan fingerprint density at radius 3 is 2.67 bits per heavy atom. The van der Waals surface area contributed by atoms with Crippen LogP contribution in [0.4, 0.5) is 0 Å². The molecule has 8 heteroatoms. The average molecular weight is 560 g/mol. The van der Waals surface area contributed by atoms with E-state index in [0.717, 1.165) is 43.7 Å². The first-order valence-corrected chi connectivity index (χ1v) is 12.4. The van der Waals surface area contributed by atoms with E-state index in [1.807, 2.05) is 7.05 Å². The number of nitrogens with one attached hydrogen (secondary N) is 2. The van der Waals surface area contributed by atoms with Gasteiger partial charge in [0.2, 0.25) is 0 Å². The van der Waals surface area contributed by atoms with E-state index in [-0.39, 0.29) is 24.0 Å². The Hall–Kier alpha value is -0.840. The summed E-state index contributed by atoms with van der Waals surface area (Å²) in [5, 5.41) is 10.4. The normalized spacial score (nSPS) is 15.7. The van der Waals surface area contributed by atoms with Crippen LogP contribution in [0.5, 0.6) is 0 Å². The number of guanidine groups is 1. The number of nitrogens with zero attached hydrogens (tertiary/aromatic N) is 3. The lowest BCUT2D eigenvalue weighted by atomic mass is 9.97. The van der Waals surface area contributed by atoms with E-state index in [9.17, 15) is 0 Å². The van der Waals surface area contributed by atoms with Gasteiger partial charge in [-0.1, -0.05) is 12.1 Å². The van der Waals surface area contributed by atoms with E-state index >= 15 is 0 Å². The molecule has 1 aromatic heterocycles. The Kier molecular flexibility index (Phi) is 10.9. The third kappa shape index (κ3) is 7.69. The zero-order valence-corrected chi connectivity index (χ0v) is 22.4. The van der Waals surface area contributed by atoms with Crippen LogP contribution < -0.4 is 10.6 Å². The topological polar surface area (TPSA) is 52.6 Å². The largest absolute Gasteiger partial charge is 0.356 e. The van der Waals surface area contributed by atoms with Gasteiger partial charge in [-0.2, -0.15) is 0 Å². The highest BCUT2D eigenvalue weighted by atomic mass is 127. The summed E-state index contributed by atoms with van der Waals surface area (Å²) in [6.45, 7) is 9.27. The Morgan fingerprint density at radius 1 is 1.27 bits per heavy atom. The summed E-state index contributed by atoms with van der Waals surface area (Å²) in [6.07, 6.45) is 4.58. The molecule has 0 amide bonds. The van der Waals surface area contributed by atoms with Gasteiger partial charge < -0.3 is 10.6 Å². The SMILES string of the molecule is CN=C(NCc1ccc(C)cc1SC)NCC1CCN(Cc2csc(C)n2)CC1.I. The first-order chi connectivity index (χ1) is 14.1. The lowest BCUT2D eigenvalue weighted by Gasteiger charge is -2.31. The third-order valence-electron chi connectivity index (χ3n) is 5.43. The number of hydrogen-bond donors (Lipinski definition) is 2. The van der Waals surface area contributed by atoms with Crippen molar-refractivity contribution in [2.45, 2.75) is 44.7 Å². The number of aryl methyl sites for hydroxylation is 2. The zero-order chi connectivity index (χ0) is 20.6. The number of rotatable bonds is 7. The molecule has 0 unspecified atom stereocenters. The molecule has 166 valence electrons. The highest BCUT2D eigenvalue weighted by Crippen LogP contribution is 2.22. The highest BCUT2D eigenvalue weighted by molar-refractivity contribution is 14.0. The summed E-state index contributed by atoms with van der Waals surface area (Å²) < 4.78 is 0. The lowest BCUT2D eigenvalue weighted by molar-refractivity contribution is 0.176. The van der Waals surface area contributed by atoms with Crippen LogP contribution in [-0.2, 0) is 13.1 Å². The molecule has 2 heterocycles. The van der Waals surface area contributed by atoms with Gasteiger partial charge in [-0.3, -0.25) is 9.89 Å². The maximum absolute atomic E-state index is 4.60. The minimum atomic E-state index is 0. The summed E-state index contributed by atoms with van der Waals surface area (Å²) >= 11 is 3.54. The van der Waals surface area contributed by atoms with Gasteiger partial charge in [-0.25, -0.2) is 4.98 Å². The van der Waals surface area contributed by atoms with E-state index in [1.54, 1.807) is 23.1 Å². The van der Waals surface area contributed by atoms with E-state index in [0.29, 0.717) is 5.92 Å². The van der Waals surface area contributed by atoms with E-state index < -0.39 is 0 Å². The van der Waals surface area contributed by atoms with Crippen LogP contribution in [-0.4, -0.2) is 48.8 Å². The maximum Gasteiger partial charge on any atom is 0.191 e. The first-order valence-electron chi connectivity index (χ1n) is 10.3. The molecule has 1 aliphatic heterocycles. The smallest absolute Gasteiger partial charge is 0.191 e. The Labute approximate surface area is 206 Å². The van der Waals surface area contributed by atoms with E-state index in [4.69, 9.17) is 0 Å². The van der Waals surface area contributed by atoms with Gasteiger partial charge in [0.05, 0.1) is 10.7 Å². The molecule has 3 rings (SSSR count).